The van der Waals surface area contributed by atoms with Crippen LogP contribution in [0.3, 0.4) is 0 Å². The third-order valence-electron chi connectivity index (χ3n) is 5.39. The average molecular weight is 441 g/mol. The summed E-state index contributed by atoms with van der Waals surface area (Å²) in [7, 11) is 4.36. The van der Waals surface area contributed by atoms with Gasteiger partial charge in [0.05, 0.1) is 32.5 Å². The fourth-order valence-corrected chi connectivity index (χ4v) is 3.45. The maximum Gasteiger partial charge on any atom is 0.337 e. The molecule has 0 atom stereocenters. The van der Waals surface area contributed by atoms with E-state index in [-0.39, 0.29) is 11.9 Å². The number of ether oxygens (including phenoxy) is 3. The van der Waals surface area contributed by atoms with E-state index in [9.17, 15) is 14.4 Å². The van der Waals surface area contributed by atoms with Crippen LogP contribution in [0.4, 0.5) is 10.5 Å². The van der Waals surface area contributed by atoms with Gasteiger partial charge in [0.25, 0.3) is 5.91 Å². The van der Waals surface area contributed by atoms with Gasteiger partial charge in [0, 0.05) is 37.9 Å². The molecule has 0 unspecified atom stereocenters. The van der Waals surface area contributed by atoms with Crippen LogP contribution in [0, 0.1) is 6.92 Å². The number of urea groups is 1. The van der Waals surface area contributed by atoms with Crippen LogP contribution in [-0.2, 0) is 4.74 Å². The number of nitrogens with one attached hydrogen (secondary N) is 1. The van der Waals surface area contributed by atoms with Crippen LogP contribution in [0.1, 0.15) is 26.3 Å². The molecule has 170 valence electrons. The van der Waals surface area contributed by atoms with Crippen LogP contribution in [-0.4, -0.2) is 75.2 Å². The predicted molar refractivity (Wildman–Crippen MR) is 119 cm³/mol. The van der Waals surface area contributed by atoms with E-state index in [1.54, 1.807) is 53.3 Å². The molecule has 1 saturated heterocycles. The van der Waals surface area contributed by atoms with Crippen LogP contribution >= 0.6 is 0 Å². The number of esters is 1. The highest BCUT2D eigenvalue weighted by molar-refractivity contribution is 5.98. The third-order valence-corrected chi connectivity index (χ3v) is 5.39. The van der Waals surface area contributed by atoms with E-state index in [0.717, 1.165) is 5.56 Å². The van der Waals surface area contributed by atoms with Gasteiger partial charge in [-0.2, -0.15) is 0 Å². The molecule has 1 fully saturated rings. The first-order chi connectivity index (χ1) is 15.4. The molecule has 0 aromatic heterocycles. The number of benzene rings is 2. The van der Waals surface area contributed by atoms with Crippen LogP contribution in [0.25, 0.3) is 0 Å². The lowest BCUT2D eigenvalue weighted by Gasteiger charge is -2.35. The summed E-state index contributed by atoms with van der Waals surface area (Å²) in [6, 6.07) is 9.76. The van der Waals surface area contributed by atoms with Crippen molar-refractivity contribution in [3.63, 3.8) is 0 Å². The summed E-state index contributed by atoms with van der Waals surface area (Å²) >= 11 is 0. The summed E-state index contributed by atoms with van der Waals surface area (Å²) in [5.41, 5.74) is 2.17. The largest absolute Gasteiger partial charge is 0.497 e. The second-order valence-electron chi connectivity index (χ2n) is 7.30. The molecule has 9 heteroatoms. The van der Waals surface area contributed by atoms with E-state index in [0.29, 0.717) is 54.5 Å². The highest BCUT2D eigenvalue weighted by Gasteiger charge is 2.27. The minimum absolute atomic E-state index is 0.161. The number of piperazine rings is 1. The predicted octanol–water partition coefficient (Wildman–Crippen LogP) is 2.79. The number of hydrogen-bond acceptors (Lipinski definition) is 6. The molecule has 0 radical (unpaired) electrons. The first kappa shape index (κ1) is 22.9. The normalized spacial score (nSPS) is 13.4. The van der Waals surface area contributed by atoms with Gasteiger partial charge < -0.3 is 29.3 Å². The average Bonchev–Trinajstić information content (AvgIpc) is 2.83. The molecule has 0 bridgehead atoms. The molecule has 2 aromatic rings. The van der Waals surface area contributed by atoms with E-state index in [1.807, 2.05) is 6.92 Å². The SMILES string of the molecule is COC(=O)c1ccc(C)c(NC(=O)N2CCN(C(=O)c3ccc(OC)cc3OC)CC2)c1. The first-order valence-corrected chi connectivity index (χ1v) is 10.1. The molecule has 1 heterocycles. The maximum atomic E-state index is 13.0. The zero-order valence-corrected chi connectivity index (χ0v) is 18.6. The van der Waals surface area contributed by atoms with Crippen molar-refractivity contribution >= 4 is 23.6 Å². The molecule has 1 aliphatic rings. The highest BCUT2D eigenvalue weighted by atomic mass is 16.5. The zero-order chi connectivity index (χ0) is 23.3. The molecule has 3 rings (SSSR count). The Morgan fingerprint density at radius 1 is 0.875 bits per heavy atom. The minimum Gasteiger partial charge on any atom is -0.497 e. The summed E-state index contributed by atoms with van der Waals surface area (Å²) in [5.74, 6) is 0.412. The molecule has 1 aliphatic heterocycles. The highest BCUT2D eigenvalue weighted by Crippen LogP contribution is 2.26. The van der Waals surface area contributed by atoms with Gasteiger partial charge in [0.15, 0.2) is 0 Å². The van der Waals surface area contributed by atoms with E-state index in [2.05, 4.69) is 5.32 Å². The lowest BCUT2D eigenvalue weighted by atomic mass is 10.1. The van der Waals surface area contributed by atoms with Crippen molar-refractivity contribution in [1.82, 2.24) is 9.80 Å². The summed E-state index contributed by atoms with van der Waals surface area (Å²) < 4.78 is 15.3. The Morgan fingerprint density at radius 3 is 2.19 bits per heavy atom. The molecular formula is C23H27N3O6. The van der Waals surface area contributed by atoms with Crippen molar-refractivity contribution in [3.8, 4) is 11.5 Å². The van der Waals surface area contributed by atoms with Crippen molar-refractivity contribution in [1.29, 1.82) is 0 Å². The van der Waals surface area contributed by atoms with Crippen molar-refractivity contribution in [2.24, 2.45) is 0 Å². The Bertz CT molecular complexity index is 1010. The Kier molecular flexibility index (Phi) is 7.19. The van der Waals surface area contributed by atoms with Gasteiger partial charge in [-0.25, -0.2) is 9.59 Å². The third kappa shape index (κ3) is 4.93. The second kappa shape index (κ2) is 10.0. The lowest BCUT2D eigenvalue weighted by molar-refractivity contribution is 0.0600. The second-order valence-corrected chi connectivity index (χ2v) is 7.30. The van der Waals surface area contributed by atoms with Gasteiger partial charge in [-0.1, -0.05) is 6.07 Å². The van der Waals surface area contributed by atoms with Crippen molar-refractivity contribution in [2.45, 2.75) is 6.92 Å². The Morgan fingerprint density at radius 2 is 1.56 bits per heavy atom. The van der Waals surface area contributed by atoms with Gasteiger partial charge in [0.2, 0.25) is 0 Å². The lowest BCUT2D eigenvalue weighted by Crippen LogP contribution is -2.51. The first-order valence-electron chi connectivity index (χ1n) is 10.1. The van der Waals surface area contributed by atoms with Gasteiger partial charge in [0.1, 0.15) is 11.5 Å². The fraction of sp³-hybridized carbons (Fsp3) is 0.348. The summed E-state index contributed by atoms with van der Waals surface area (Å²) in [4.78, 5) is 40.8. The Labute approximate surface area is 186 Å². The van der Waals surface area contributed by atoms with E-state index >= 15 is 0 Å². The number of aryl methyl sites for hydroxylation is 1. The molecular weight excluding hydrogens is 414 g/mol. The molecule has 2 aromatic carbocycles. The number of amides is 3. The molecule has 32 heavy (non-hydrogen) atoms. The summed E-state index contributed by atoms with van der Waals surface area (Å²) in [5, 5.41) is 2.85. The van der Waals surface area contributed by atoms with Crippen LogP contribution in [0.5, 0.6) is 11.5 Å². The number of rotatable bonds is 5. The van der Waals surface area contributed by atoms with Gasteiger partial charge in [-0.05, 0) is 36.8 Å². The van der Waals surface area contributed by atoms with Crippen LogP contribution < -0.4 is 14.8 Å². The van der Waals surface area contributed by atoms with Crippen LogP contribution in [0.2, 0.25) is 0 Å². The van der Waals surface area contributed by atoms with Crippen molar-refractivity contribution in [3.05, 3.63) is 53.1 Å². The smallest absolute Gasteiger partial charge is 0.337 e. The minimum atomic E-state index is -0.471. The van der Waals surface area contributed by atoms with Crippen molar-refractivity contribution in [2.75, 3.05) is 52.8 Å². The zero-order valence-electron chi connectivity index (χ0n) is 18.6. The molecule has 1 N–H and O–H groups in total. The fourth-order valence-electron chi connectivity index (χ4n) is 3.45. The van der Waals surface area contributed by atoms with E-state index in [1.165, 1.54) is 14.2 Å². The van der Waals surface area contributed by atoms with E-state index < -0.39 is 5.97 Å². The molecule has 0 aliphatic carbocycles. The standard InChI is InChI=1S/C23H27N3O6/c1-15-5-6-16(22(28)32-4)13-19(15)24-23(29)26-11-9-25(10-12-26)21(27)18-8-7-17(30-2)14-20(18)31-3/h5-8,13-14H,9-12H2,1-4H3,(H,24,29). The number of anilines is 1. The van der Waals surface area contributed by atoms with Crippen molar-refractivity contribution < 1.29 is 28.6 Å². The van der Waals surface area contributed by atoms with E-state index in [4.69, 9.17) is 14.2 Å². The number of methoxy groups -OCH3 is 3. The summed E-state index contributed by atoms with van der Waals surface area (Å²) in [6.07, 6.45) is 0. The molecule has 3 amide bonds. The molecule has 9 nitrogen and oxygen atoms in total. The molecule has 0 spiro atoms. The number of carbonyl (C=O) groups is 3. The van der Waals surface area contributed by atoms with Crippen LogP contribution in [0.15, 0.2) is 36.4 Å². The van der Waals surface area contributed by atoms with Gasteiger partial charge in [-0.3, -0.25) is 4.79 Å². The Hall–Kier alpha value is -3.75. The Balaban J connectivity index is 1.63. The quantitative estimate of drug-likeness (QED) is 0.717. The van der Waals surface area contributed by atoms with Gasteiger partial charge >= 0.3 is 12.0 Å². The van der Waals surface area contributed by atoms with Gasteiger partial charge in [-0.15, -0.1) is 0 Å². The topological polar surface area (TPSA) is 97.4 Å². The number of carbonyl (C=O) groups excluding carboxylic acids is 3. The number of nitrogens with zero attached hydrogens (tertiary/aromatic N) is 2. The number of hydrogen-bond donors (Lipinski definition) is 1. The molecule has 0 saturated carbocycles. The maximum absolute atomic E-state index is 13.0. The summed E-state index contributed by atoms with van der Waals surface area (Å²) in [6.45, 7) is 3.39. The monoisotopic (exact) mass is 441 g/mol.